The molecule has 0 fully saturated rings. The van der Waals surface area contributed by atoms with Crippen LogP contribution in [-0.4, -0.2) is 0 Å². The fourth-order valence-electron chi connectivity index (χ4n) is 4.23. The Morgan fingerprint density at radius 3 is 1.74 bits per heavy atom. The van der Waals surface area contributed by atoms with Crippen molar-refractivity contribution in [2.24, 2.45) is 0 Å². The Labute approximate surface area is 180 Å². The molecule has 0 unspecified atom stereocenters. The molecule has 0 amide bonds. The number of halogens is 2. The monoisotopic (exact) mass is 406 g/mol. The van der Waals surface area contributed by atoms with Crippen molar-refractivity contribution < 1.29 is 8.78 Å². The average Bonchev–Trinajstić information content (AvgIpc) is 2.81. The van der Waals surface area contributed by atoms with Crippen LogP contribution in [0, 0.1) is 11.6 Å². The third-order valence-corrected chi connectivity index (χ3v) is 5.62. The highest BCUT2D eigenvalue weighted by molar-refractivity contribution is 6.05. The largest absolute Gasteiger partial charge is 0.207 e. The molecule has 0 aliphatic carbocycles. The molecule has 0 aliphatic heterocycles. The van der Waals surface area contributed by atoms with Crippen LogP contribution in [0.1, 0.15) is 11.1 Å². The fraction of sp³-hybridized carbons (Fsp3) is 0.0345. The predicted octanol–water partition coefficient (Wildman–Crippen LogP) is 8.04. The van der Waals surface area contributed by atoms with Crippen molar-refractivity contribution in [2.45, 2.75) is 6.42 Å². The minimum atomic E-state index is -0.255. The first-order chi connectivity index (χ1) is 15.2. The second kappa shape index (κ2) is 8.16. The Balaban J connectivity index is 1.85. The second-order valence-corrected chi connectivity index (χ2v) is 7.69. The highest BCUT2D eigenvalue weighted by Crippen LogP contribution is 2.41. The van der Waals surface area contributed by atoms with Crippen LogP contribution in [0.15, 0.2) is 109 Å². The van der Waals surface area contributed by atoms with Crippen LogP contribution < -0.4 is 0 Å². The maximum atomic E-state index is 14.3. The summed E-state index contributed by atoms with van der Waals surface area (Å²) in [6.45, 7) is 0. The first-order valence-electron chi connectivity index (χ1n) is 10.3. The lowest BCUT2D eigenvalue weighted by molar-refractivity contribution is 0.627. The summed E-state index contributed by atoms with van der Waals surface area (Å²) in [7, 11) is 0. The van der Waals surface area contributed by atoms with Gasteiger partial charge in [-0.2, -0.15) is 0 Å². The average molecular weight is 406 g/mol. The van der Waals surface area contributed by atoms with Crippen molar-refractivity contribution >= 4 is 10.8 Å². The number of rotatable bonds is 4. The Kier molecular flexibility index (Phi) is 5.05. The lowest BCUT2D eigenvalue weighted by atomic mass is 9.84. The van der Waals surface area contributed by atoms with E-state index in [-0.39, 0.29) is 11.6 Å². The predicted molar refractivity (Wildman–Crippen MR) is 124 cm³/mol. The maximum Gasteiger partial charge on any atom is 0.123 e. The van der Waals surface area contributed by atoms with Crippen LogP contribution in [0.4, 0.5) is 8.78 Å². The Morgan fingerprint density at radius 1 is 0.516 bits per heavy atom. The number of hydrogen-bond donors (Lipinski definition) is 0. The van der Waals surface area contributed by atoms with E-state index < -0.39 is 0 Å². The molecule has 5 aromatic rings. The standard InChI is InChI=1S/C29H20F2/c30-25-14-11-20(12-15-25)17-24-18-23-13-16-26(31)19-27(23)29(22-9-5-2-6-10-22)28(24)21-7-3-1-4-8-21/h1-16,18-19H,17H2. The van der Waals surface area contributed by atoms with Gasteiger partial charge in [-0.25, -0.2) is 8.78 Å². The minimum absolute atomic E-state index is 0.244. The molecule has 0 nitrogen and oxygen atoms in total. The van der Waals surface area contributed by atoms with Crippen molar-refractivity contribution in [3.05, 3.63) is 132 Å². The van der Waals surface area contributed by atoms with Crippen molar-refractivity contribution in [3.63, 3.8) is 0 Å². The van der Waals surface area contributed by atoms with Gasteiger partial charge in [0.25, 0.3) is 0 Å². The molecule has 0 radical (unpaired) electrons. The molecule has 31 heavy (non-hydrogen) atoms. The fourth-order valence-corrected chi connectivity index (χ4v) is 4.23. The van der Waals surface area contributed by atoms with Crippen molar-refractivity contribution in [3.8, 4) is 22.3 Å². The van der Waals surface area contributed by atoms with Gasteiger partial charge in [0.1, 0.15) is 11.6 Å². The van der Waals surface area contributed by atoms with Crippen molar-refractivity contribution in [2.75, 3.05) is 0 Å². The van der Waals surface area contributed by atoms with E-state index in [1.165, 1.54) is 18.2 Å². The zero-order valence-electron chi connectivity index (χ0n) is 16.9. The summed E-state index contributed by atoms with van der Waals surface area (Å²) >= 11 is 0. The molecule has 0 saturated heterocycles. The lowest BCUT2D eigenvalue weighted by Gasteiger charge is -2.19. The Hall–Kier alpha value is -3.78. The van der Waals surface area contributed by atoms with Gasteiger partial charge in [-0.3, -0.25) is 0 Å². The number of fused-ring (bicyclic) bond motifs is 1. The van der Waals surface area contributed by atoms with Crippen LogP contribution in [0.2, 0.25) is 0 Å². The topological polar surface area (TPSA) is 0 Å². The molecule has 0 bridgehead atoms. The van der Waals surface area contributed by atoms with E-state index in [4.69, 9.17) is 0 Å². The Bertz CT molecular complexity index is 1340. The van der Waals surface area contributed by atoms with E-state index in [1.54, 1.807) is 6.07 Å². The third-order valence-electron chi connectivity index (χ3n) is 5.62. The molecule has 150 valence electrons. The zero-order valence-corrected chi connectivity index (χ0v) is 16.9. The van der Waals surface area contributed by atoms with Gasteiger partial charge < -0.3 is 0 Å². The highest BCUT2D eigenvalue weighted by atomic mass is 19.1. The summed E-state index contributed by atoms with van der Waals surface area (Å²) in [6.07, 6.45) is 0.650. The summed E-state index contributed by atoms with van der Waals surface area (Å²) in [4.78, 5) is 0. The van der Waals surface area contributed by atoms with Gasteiger partial charge in [-0.1, -0.05) is 84.9 Å². The van der Waals surface area contributed by atoms with E-state index in [0.29, 0.717) is 6.42 Å². The van der Waals surface area contributed by atoms with E-state index in [2.05, 4.69) is 30.3 Å². The minimum Gasteiger partial charge on any atom is -0.207 e. The van der Waals surface area contributed by atoms with Gasteiger partial charge in [-0.05, 0) is 74.8 Å². The number of hydrogen-bond acceptors (Lipinski definition) is 0. The van der Waals surface area contributed by atoms with Gasteiger partial charge in [0.05, 0.1) is 0 Å². The van der Waals surface area contributed by atoms with E-state index in [9.17, 15) is 8.78 Å². The highest BCUT2D eigenvalue weighted by Gasteiger charge is 2.17. The normalized spacial score (nSPS) is 11.0. The second-order valence-electron chi connectivity index (χ2n) is 7.69. The Morgan fingerprint density at radius 2 is 1.10 bits per heavy atom. The molecular formula is C29H20F2. The van der Waals surface area contributed by atoms with Crippen molar-refractivity contribution in [1.29, 1.82) is 0 Å². The smallest absolute Gasteiger partial charge is 0.123 e. The first kappa shape index (κ1) is 19.2. The molecule has 0 heterocycles. The van der Waals surface area contributed by atoms with Gasteiger partial charge in [0, 0.05) is 0 Å². The van der Waals surface area contributed by atoms with Gasteiger partial charge in [0.2, 0.25) is 0 Å². The van der Waals surface area contributed by atoms with Crippen LogP contribution in [0.25, 0.3) is 33.0 Å². The molecule has 0 saturated carbocycles. The van der Waals surface area contributed by atoms with Crippen LogP contribution >= 0.6 is 0 Å². The summed E-state index contributed by atoms with van der Waals surface area (Å²) in [6, 6.07) is 34.0. The number of benzene rings is 5. The lowest BCUT2D eigenvalue weighted by Crippen LogP contribution is -1.98. The molecule has 0 spiro atoms. The quantitative estimate of drug-likeness (QED) is 0.283. The maximum absolute atomic E-state index is 14.3. The van der Waals surface area contributed by atoms with Gasteiger partial charge >= 0.3 is 0 Å². The summed E-state index contributed by atoms with van der Waals surface area (Å²) < 4.78 is 27.8. The van der Waals surface area contributed by atoms with E-state index in [0.717, 1.165) is 44.2 Å². The molecule has 0 N–H and O–H groups in total. The third kappa shape index (κ3) is 3.85. The molecule has 0 atom stereocenters. The molecule has 5 rings (SSSR count). The molecule has 5 aromatic carbocycles. The summed E-state index contributed by atoms with van der Waals surface area (Å²) in [5, 5.41) is 1.87. The molecule has 2 heteroatoms. The summed E-state index contributed by atoms with van der Waals surface area (Å²) in [5.74, 6) is -0.499. The van der Waals surface area contributed by atoms with E-state index >= 15 is 0 Å². The van der Waals surface area contributed by atoms with Gasteiger partial charge in [0.15, 0.2) is 0 Å². The van der Waals surface area contributed by atoms with Crippen molar-refractivity contribution in [1.82, 2.24) is 0 Å². The molecule has 0 aliphatic rings. The molecule has 0 aromatic heterocycles. The first-order valence-corrected chi connectivity index (χ1v) is 10.3. The van der Waals surface area contributed by atoms with Crippen LogP contribution in [0.5, 0.6) is 0 Å². The van der Waals surface area contributed by atoms with Crippen LogP contribution in [0.3, 0.4) is 0 Å². The van der Waals surface area contributed by atoms with Gasteiger partial charge in [-0.15, -0.1) is 0 Å². The zero-order chi connectivity index (χ0) is 21.2. The molecular weight excluding hydrogens is 386 g/mol. The van der Waals surface area contributed by atoms with Crippen LogP contribution in [-0.2, 0) is 6.42 Å². The summed E-state index contributed by atoms with van der Waals surface area (Å²) in [5.41, 5.74) is 6.35. The SMILES string of the molecule is Fc1ccc(Cc2cc3ccc(F)cc3c(-c3ccccc3)c2-c2ccccc2)cc1. The van der Waals surface area contributed by atoms with E-state index in [1.807, 2.05) is 54.6 Å².